The van der Waals surface area contributed by atoms with E-state index >= 15 is 0 Å². The molecular weight excluding hydrogens is 466 g/mol. The number of benzene rings is 5. The van der Waals surface area contributed by atoms with Gasteiger partial charge in [0.05, 0.1) is 33.1 Å². The largest absolute Gasteiger partial charge is 0.276 e. The Morgan fingerprint density at radius 1 is 0.579 bits per heavy atom. The first-order chi connectivity index (χ1) is 18.6. The highest BCUT2D eigenvalue weighted by molar-refractivity contribution is 6.09. The van der Waals surface area contributed by atoms with E-state index in [4.69, 9.17) is 9.97 Å². The molecule has 1 aliphatic carbocycles. The Morgan fingerprint density at radius 2 is 1.34 bits per heavy atom. The zero-order chi connectivity index (χ0) is 24.9. The van der Waals surface area contributed by atoms with Crippen LogP contribution >= 0.6 is 0 Å². The third-order valence-electron chi connectivity index (χ3n) is 8.97. The van der Waals surface area contributed by atoms with Crippen LogP contribution in [0.3, 0.4) is 0 Å². The molecule has 4 aromatic heterocycles. The minimum absolute atomic E-state index is 0.0536. The average Bonchev–Trinajstić information content (AvgIpc) is 3.70. The predicted octanol–water partition coefficient (Wildman–Crippen LogP) is 7.59. The number of hydrogen-bond acceptors (Lipinski definition) is 2. The molecule has 0 bridgehead atoms. The molecule has 1 aliphatic rings. The maximum atomic E-state index is 5.27. The van der Waals surface area contributed by atoms with Crippen LogP contribution in [0.1, 0.15) is 25.0 Å². The van der Waals surface area contributed by atoms with Gasteiger partial charge in [0, 0.05) is 10.8 Å². The summed E-state index contributed by atoms with van der Waals surface area (Å²) in [7, 11) is 0. The molecule has 9 aromatic rings. The standard InChI is InChI=1S/C33H21N5/c1-33(2)22-11-6-5-10-20(22)21-16-28-24(17-23(21)33)34-31-37(28)27-13-7-12-26-30(27)38(31)32-35-29-19-9-4-3-8-18(19)14-15-25(29)36(26)32/h3-17H,1-2H3. The van der Waals surface area contributed by atoms with Gasteiger partial charge in [0.15, 0.2) is 0 Å². The summed E-state index contributed by atoms with van der Waals surface area (Å²) in [4.78, 5) is 10.5. The van der Waals surface area contributed by atoms with E-state index in [9.17, 15) is 0 Å². The lowest BCUT2D eigenvalue weighted by Crippen LogP contribution is -2.14. The van der Waals surface area contributed by atoms with Crippen LogP contribution in [0.4, 0.5) is 0 Å². The molecule has 0 amide bonds. The van der Waals surface area contributed by atoms with E-state index in [1.165, 1.54) is 33.0 Å². The number of fused-ring (bicyclic) bond motifs is 15. The number of imidazole rings is 4. The Labute approximate surface area is 216 Å². The number of para-hydroxylation sites is 1. The van der Waals surface area contributed by atoms with Crippen molar-refractivity contribution in [1.29, 1.82) is 0 Å². The van der Waals surface area contributed by atoms with E-state index in [0.29, 0.717) is 0 Å². The topological polar surface area (TPSA) is 39.0 Å². The molecule has 4 heterocycles. The number of nitrogens with zero attached hydrogens (tertiary/aromatic N) is 5. The smallest absolute Gasteiger partial charge is 0.223 e. The molecule has 5 nitrogen and oxygen atoms in total. The van der Waals surface area contributed by atoms with Crippen molar-refractivity contribution in [3.63, 3.8) is 0 Å². The van der Waals surface area contributed by atoms with Crippen LogP contribution in [0, 0.1) is 0 Å². The van der Waals surface area contributed by atoms with Crippen molar-refractivity contribution in [3.8, 4) is 11.1 Å². The Bertz CT molecular complexity index is 2480. The van der Waals surface area contributed by atoms with E-state index in [2.05, 4.69) is 118 Å². The minimum atomic E-state index is -0.0536. The fourth-order valence-electron chi connectivity index (χ4n) is 7.23. The molecule has 0 saturated heterocycles. The lowest BCUT2D eigenvalue weighted by Gasteiger charge is -2.21. The zero-order valence-corrected chi connectivity index (χ0v) is 20.9. The second kappa shape index (κ2) is 5.97. The second-order valence-electron chi connectivity index (χ2n) is 11.2. The van der Waals surface area contributed by atoms with Crippen LogP contribution in [0.25, 0.3) is 72.1 Å². The lowest BCUT2D eigenvalue weighted by atomic mass is 9.82. The molecule has 0 saturated carbocycles. The Kier molecular flexibility index (Phi) is 3.02. The van der Waals surface area contributed by atoms with Crippen molar-refractivity contribution in [1.82, 2.24) is 23.2 Å². The van der Waals surface area contributed by atoms with E-state index in [-0.39, 0.29) is 5.41 Å². The average molecular weight is 488 g/mol. The highest BCUT2D eigenvalue weighted by Crippen LogP contribution is 2.50. The highest BCUT2D eigenvalue weighted by atomic mass is 15.3. The van der Waals surface area contributed by atoms with Crippen LogP contribution in [0.2, 0.25) is 0 Å². The summed E-state index contributed by atoms with van der Waals surface area (Å²) in [5.41, 5.74) is 13.1. The molecule has 5 aromatic carbocycles. The van der Waals surface area contributed by atoms with Gasteiger partial charge in [-0.25, -0.2) is 14.4 Å². The Balaban J connectivity index is 1.40. The first kappa shape index (κ1) is 19.2. The van der Waals surface area contributed by atoms with Crippen LogP contribution in [0.15, 0.2) is 91.0 Å². The van der Waals surface area contributed by atoms with Gasteiger partial charge in [0.25, 0.3) is 0 Å². The summed E-state index contributed by atoms with van der Waals surface area (Å²) in [5.74, 6) is 1.82. The third-order valence-corrected chi connectivity index (χ3v) is 8.97. The van der Waals surface area contributed by atoms with Crippen LogP contribution in [0.5, 0.6) is 0 Å². The second-order valence-corrected chi connectivity index (χ2v) is 11.2. The molecule has 0 spiro atoms. The van der Waals surface area contributed by atoms with Crippen molar-refractivity contribution < 1.29 is 0 Å². The van der Waals surface area contributed by atoms with Gasteiger partial charge < -0.3 is 0 Å². The van der Waals surface area contributed by atoms with E-state index in [1.807, 2.05) is 0 Å². The first-order valence-corrected chi connectivity index (χ1v) is 13.1. The van der Waals surface area contributed by atoms with Crippen molar-refractivity contribution in [3.05, 3.63) is 102 Å². The fraction of sp³-hybridized carbons (Fsp3) is 0.0909. The lowest BCUT2D eigenvalue weighted by molar-refractivity contribution is 0.661. The first-order valence-electron chi connectivity index (χ1n) is 13.1. The molecular formula is C33H21N5. The molecule has 0 unspecified atom stereocenters. The maximum Gasteiger partial charge on any atom is 0.223 e. The minimum Gasteiger partial charge on any atom is -0.276 e. The number of rotatable bonds is 0. The third kappa shape index (κ3) is 1.95. The maximum absolute atomic E-state index is 5.27. The summed E-state index contributed by atoms with van der Waals surface area (Å²) < 4.78 is 6.87. The molecule has 0 radical (unpaired) electrons. The number of aromatic nitrogens is 5. The fourth-order valence-corrected chi connectivity index (χ4v) is 7.23. The highest BCUT2D eigenvalue weighted by Gasteiger charge is 2.36. The quantitative estimate of drug-likeness (QED) is 0.221. The zero-order valence-electron chi connectivity index (χ0n) is 20.9. The summed E-state index contributed by atoms with van der Waals surface area (Å²) in [6.45, 7) is 4.64. The van der Waals surface area contributed by atoms with E-state index in [0.717, 1.165) is 50.2 Å². The summed E-state index contributed by atoms with van der Waals surface area (Å²) >= 11 is 0. The molecule has 0 N–H and O–H groups in total. The van der Waals surface area contributed by atoms with Crippen molar-refractivity contribution >= 4 is 60.9 Å². The summed E-state index contributed by atoms with van der Waals surface area (Å²) in [6.07, 6.45) is 0. The SMILES string of the molecule is CC1(C)c2ccccc2-c2cc3c(cc21)nc1n3c2cccc3c2n1c1nc2c4ccccc4ccc2n31. The van der Waals surface area contributed by atoms with Crippen LogP contribution in [-0.4, -0.2) is 23.2 Å². The number of hydrogen-bond donors (Lipinski definition) is 0. The van der Waals surface area contributed by atoms with Gasteiger partial charge in [0.1, 0.15) is 5.52 Å². The van der Waals surface area contributed by atoms with Gasteiger partial charge in [-0.2, -0.15) is 0 Å². The van der Waals surface area contributed by atoms with Gasteiger partial charge in [-0.05, 0) is 58.0 Å². The molecule has 0 aliphatic heterocycles. The molecule has 0 fully saturated rings. The normalized spacial score (nSPS) is 14.8. The van der Waals surface area contributed by atoms with Crippen molar-refractivity contribution in [2.75, 3.05) is 0 Å². The predicted molar refractivity (Wildman–Crippen MR) is 154 cm³/mol. The molecule has 5 heteroatoms. The van der Waals surface area contributed by atoms with Gasteiger partial charge in [-0.15, -0.1) is 0 Å². The summed E-state index contributed by atoms with van der Waals surface area (Å²) in [6, 6.07) is 32.9. The molecule has 10 rings (SSSR count). The Morgan fingerprint density at radius 3 is 2.24 bits per heavy atom. The van der Waals surface area contributed by atoms with E-state index < -0.39 is 0 Å². The summed E-state index contributed by atoms with van der Waals surface area (Å²) in [5, 5.41) is 2.38. The van der Waals surface area contributed by atoms with E-state index in [1.54, 1.807) is 0 Å². The molecule has 38 heavy (non-hydrogen) atoms. The van der Waals surface area contributed by atoms with Crippen molar-refractivity contribution in [2.45, 2.75) is 19.3 Å². The van der Waals surface area contributed by atoms with Gasteiger partial charge in [-0.3, -0.25) is 8.80 Å². The molecule has 0 atom stereocenters. The monoisotopic (exact) mass is 487 g/mol. The molecule has 178 valence electrons. The Hall–Kier alpha value is -4.90. The van der Waals surface area contributed by atoms with Crippen LogP contribution in [-0.2, 0) is 5.41 Å². The van der Waals surface area contributed by atoms with Gasteiger partial charge in [-0.1, -0.05) is 74.5 Å². The van der Waals surface area contributed by atoms with Gasteiger partial charge in [0.2, 0.25) is 11.6 Å². The van der Waals surface area contributed by atoms with Crippen molar-refractivity contribution in [2.24, 2.45) is 0 Å². The van der Waals surface area contributed by atoms with Crippen LogP contribution < -0.4 is 0 Å². The van der Waals surface area contributed by atoms with Gasteiger partial charge >= 0.3 is 0 Å².